The quantitative estimate of drug-likeness (QED) is 0.574. The Kier molecular flexibility index (Phi) is 4.48. The fourth-order valence-electron chi connectivity index (χ4n) is 2.97. The van der Waals surface area contributed by atoms with Crippen LogP contribution in [0.1, 0.15) is 11.4 Å². The minimum atomic E-state index is -0.0158. The molecule has 0 bridgehead atoms. The average molecular weight is 341 g/mol. The van der Waals surface area contributed by atoms with Crippen molar-refractivity contribution >= 4 is 16.9 Å². The summed E-state index contributed by atoms with van der Waals surface area (Å²) in [5, 5.41) is 2.92. The van der Waals surface area contributed by atoms with Gasteiger partial charge in [-0.15, -0.1) is 0 Å². The van der Waals surface area contributed by atoms with Gasteiger partial charge in [0.05, 0.1) is 24.0 Å². The number of carbonyl (C=O) groups excluding carboxylic acids is 1. The molecular formula is C22H19N3O. The van der Waals surface area contributed by atoms with E-state index in [4.69, 9.17) is 0 Å². The van der Waals surface area contributed by atoms with Gasteiger partial charge in [0, 0.05) is 0 Å². The molecule has 0 unspecified atom stereocenters. The topological polar surface area (TPSA) is 57.8 Å². The first kappa shape index (κ1) is 16.1. The minimum Gasteiger partial charge on any atom is -0.349 e. The van der Waals surface area contributed by atoms with Crippen LogP contribution in [0.15, 0.2) is 78.9 Å². The maximum atomic E-state index is 12.2. The monoisotopic (exact) mass is 341 g/mol. The van der Waals surface area contributed by atoms with E-state index in [2.05, 4.69) is 39.6 Å². The third-order valence-corrected chi connectivity index (χ3v) is 4.32. The minimum absolute atomic E-state index is 0.0158. The molecule has 0 radical (unpaired) electrons. The van der Waals surface area contributed by atoms with E-state index in [0.717, 1.165) is 28.0 Å². The van der Waals surface area contributed by atoms with Gasteiger partial charge in [-0.25, -0.2) is 4.98 Å². The zero-order valence-corrected chi connectivity index (χ0v) is 14.3. The van der Waals surface area contributed by atoms with Crippen molar-refractivity contribution in [3.8, 4) is 11.1 Å². The van der Waals surface area contributed by atoms with Gasteiger partial charge in [-0.1, -0.05) is 66.7 Å². The molecular weight excluding hydrogens is 322 g/mol. The van der Waals surface area contributed by atoms with E-state index in [9.17, 15) is 4.79 Å². The summed E-state index contributed by atoms with van der Waals surface area (Å²) in [5.41, 5.74) is 5.21. The number of nitrogens with zero attached hydrogens (tertiary/aromatic N) is 1. The SMILES string of the molecule is O=C(Cc1ccc(-c2ccccc2)cc1)NCc1nc2ccccc2[nH]1. The van der Waals surface area contributed by atoms with Gasteiger partial charge in [0.2, 0.25) is 5.91 Å². The van der Waals surface area contributed by atoms with E-state index in [1.807, 2.05) is 54.6 Å². The predicted octanol–water partition coefficient (Wildman–Crippen LogP) is 4.09. The van der Waals surface area contributed by atoms with Crippen LogP contribution in [0.5, 0.6) is 0 Å². The highest BCUT2D eigenvalue weighted by atomic mass is 16.1. The molecule has 0 aliphatic carbocycles. The number of aromatic nitrogens is 2. The number of rotatable bonds is 5. The van der Waals surface area contributed by atoms with Crippen LogP contribution in [0.2, 0.25) is 0 Å². The third-order valence-electron chi connectivity index (χ3n) is 4.32. The summed E-state index contributed by atoms with van der Waals surface area (Å²) in [6.45, 7) is 0.398. The Balaban J connectivity index is 1.35. The van der Waals surface area contributed by atoms with Crippen molar-refractivity contribution in [3.05, 3.63) is 90.3 Å². The molecule has 0 atom stereocenters. The Morgan fingerprint density at radius 1 is 0.846 bits per heavy atom. The maximum Gasteiger partial charge on any atom is 0.224 e. The van der Waals surface area contributed by atoms with E-state index in [1.54, 1.807) is 0 Å². The van der Waals surface area contributed by atoms with Crippen molar-refractivity contribution in [3.63, 3.8) is 0 Å². The Hall–Kier alpha value is -3.40. The number of fused-ring (bicyclic) bond motifs is 1. The number of benzene rings is 3. The standard InChI is InChI=1S/C22H19N3O/c26-22(23-15-21-24-19-8-4-5-9-20(19)25-21)14-16-10-12-18(13-11-16)17-6-2-1-3-7-17/h1-13H,14-15H2,(H,23,26)(H,24,25). The van der Waals surface area contributed by atoms with Crippen molar-refractivity contribution in [1.82, 2.24) is 15.3 Å². The Bertz CT molecular complexity index is 987. The van der Waals surface area contributed by atoms with Crippen LogP contribution in [0.4, 0.5) is 0 Å². The number of aromatic amines is 1. The Labute approximate surface area is 151 Å². The summed E-state index contributed by atoms with van der Waals surface area (Å²) in [7, 11) is 0. The van der Waals surface area contributed by atoms with Gasteiger partial charge in [0.1, 0.15) is 5.82 Å². The molecule has 1 amide bonds. The molecule has 2 N–H and O–H groups in total. The number of H-pyrrole nitrogens is 1. The molecule has 3 aromatic carbocycles. The molecule has 0 saturated heterocycles. The fraction of sp³-hybridized carbons (Fsp3) is 0.0909. The molecule has 4 aromatic rings. The molecule has 4 nitrogen and oxygen atoms in total. The predicted molar refractivity (Wildman–Crippen MR) is 104 cm³/mol. The number of imidazole rings is 1. The second-order valence-electron chi connectivity index (χ2n) is 6.22. The van der Waals surface area contributed by atoms with Crippen molar-refractivity contribution in [2.24, 2.45) is 0 Å². The van der Waals surface area contributed by atoms with Gasteiger partial charge < -0.3 is 10.3 Å². The molecule has 0 saturated carbocycles. The molecule has 0 spiro atoms. The first-order valence-electron chi connectivity index (χ1n) is 8.62. The number of hydrogen-bond donors (Lipinski definition) is 2. The van der Waals surface area contributed by atoms with E-state index >= 15 is 0 Å². The lowest BCUT2D eigenvalue weighted by molar-refractivity contribution is -0.120. The van der Waals surface area contributed by atoms with Crippen molar-refractivity contribution in [1.29, 1.82) is 0 Å². The summed E-state index contributed by atoms with van der Waals surface area (Å²) in [6.07, 6.45) is 0.356. The van der Waals surface area contributed by atoms with Gasteiger partial charge in [-0.2, -0.15) is 0 Å². The highest BCUT2D eigenvalue weighted by Gasteiger charge is 2.06. The van der Waals surface area contributed by atoms with Gasteiger partial charge in [0.25, 0.3) is 0 Å². The second-order valence-corrected chi connectivity index (χ2v) is 6.22. The molecule has 128 valence electrons. The number of hydrogen-bond acceptors (Lipinski definition) is 2. The summed E-state index contributed by atoms with van der Waals surface area (Å²) < 4.78 is 0. The lowest BCUT2D eigenvalue weighted by Crippen LogP contribution is -2.25. The summed E-state index contributed by atoms with van der Waals surface area (Å²) in [5.74, 6) is 0.747. The Morgan fingerprint density at radius 2 is 1.54 bits per heavy atom. The van der Waals surface area contributed by atoms with Crippen LogP contribution in [-0.2, 0) is 17.8 Å². The number of amides is 1. The zero-order chi connectivity index (χ0) is 17.8. The summed E-state index contributed by atoms with van der Waals surface area (Å²) >= 11 is 0. The molecule has 0 fully saturated rings. The van der Waals surface area contributed by atoms with Crippen LogP contribution in [0, 0.1) is 0 Å². The lowest BCUT2D eigenvalue weighted by atomic mass is 10.0. The van der Waals surface area contributed by atoms with Crippen LogP contribution >= 0.6 is 0 Å². The van der Waals surface area contributed by atoms with Gasteiger partial charge in [-0.3, -0.25) is 4.79 Å². The molecule has 1 heterocycles. The lowest BCUT2D eigenvalue weighted by Gasteiger charge is -2.05. The van der Waals surface area contributed by atoms with Gasteiger partial charge in [-0.05, 0) is 28.8 Å². The number of carbonyl (C=O) groups is 1. The van der Waals surface area contributed by atoms with E-state index < -0.39 is 0 Å². The fourth-order valence-corrected chi connectivity index (χ4v) is 2.97. The normalized spacial score (nSPS) is 10.8. The summed E-state index contributed by atoms with van der Waals surface area (Å²) in [6, 6.07) is 26.2. The summed E-state index contributed by atoms with van der Waals surface area (Å²) in [4.78, 5) is 19.9. The number of para-hydroxylation sites is 2. The van der Waals surface area contributed by atoms with Gasteiger partial charge in [0.15, 0.2) is 0 Å². The highest BCUT2D eigenvalue weighted by molar-refractivity contribution is 5.79. The molecule has 4 heteroatoms. The largest absolute Gasteiger partial charge is 0.349 e. The first-order valence-corrected chi connectivity index (χ1v) is 8.62. The molecule has 0 aliphatic heterocycles. The van der Waals surface area contributed by atoms with Crippen LogP contribution in [0.3, 0.4) is 0 Å². The van der Waals surface area contributed by atoms with Gasteiger partial charge >= 0.3 is 0 Å². The molecule has 1 aromatic heterocycles. The third kappa shape index (κ3) is 3.64. The van der Waals surface area contributed by atoms with Crippen LogP contribution < -0.4 is 5.32 Å². The molecule has 26 heavy (non-hydrogen) atoms. The van der Waals surface area contributed by atoms with Crippen LogP contribution in [0.25, 0.3) is 22.2 Å². The van der Waals surface area contributed by atoms with E-state index in [0.29, 0.717) is 13.0 Å². The molecule has 4 rings (SSSR count). The van der Waals surface area contributed by atoms with E-state index in [-0.39, 0.29) is 5.91 Å². The van der Waals surface area contributed by atoms with Crippen molar-refractivity contribution < 1.29 is 4.79 Å². The zero-order valence-electron chi connectivity index (χ0n) is 14.3. The maximum absolute atomic E-state index is 12.2. The van der Waals surface area contributed by atoms with Crippen molar-refractivity contribution in [2.75, 3.05) is 0 Å². The highest BCUT2D eigenvalue weighted by Crippen LogP contribution is 2.19. The van der Waals surface area contributed by atoms with Crippen molar-refractivity contribution in [2.45, 2.75) is 13.0 Å². The average Bonchev–Trinajstić information content (AvgIpc) is 3.11. The molecule has 0 aliphatic rings. The first-order chi connectivity index (χ1) is 12.8. The Morgan fingerprint density at radius 3 is 2.31 bits per heavy atom. The van der Waals surface area contributed by atoms with Crippen LogP contribution in [-0.4, -0.2) is 15.9 Å². The smallest absolute Gasteiger partial charge is 0.224 e. The van der Waals surface area contributed by atoms with E-state index in [1.165, 1.54) is 5.56 Å². The number of nitrogens with one attached hydrogen (secondary N) is 2. The second kappa shape index (κ2) is 7.23.